The number of carbonyl (C=O) groups is 1. The molecule has 0 radical (unpaired) electrons. The van der Waals surface area contributed by atoms with Crippen molar-refractivity contribution in [2.24, 2.45) is 10.9 Å². The zero-order valence-corrected chi connectivity index (χ0v) is 26.0. The molecule has 0 aliphatic carbocycles. The molecule has 1 aliphatic rings. The number of aromatic nitrogens is 3. The Labute approximate surface area is 256 Å². The zero-order valence-electron chi connectivity index (χ0n) is 25.2. The van der Waals surface area contributed by atoms with Gasteiger partial charge in [0.15, 0.2) is 5.65 Å². The van der Waals surface area contributed by atoms with Crippen molar-refractivity contribution in [1.82, 2.24) is 19.4 Å². The third-order valence-electron chi connectivity index (χ3n) is 7.68. The first-order valence-corrected chi connectivity index (χ1v) is 14.4. The summed E-state index contributed by atoms with van der Waals surface area (Å²) in [5, 5.41) is 0.676. The maximum absolute atomic E-state index is 15.3. The summed E-state index contributed by atoms with van der Waals surface area (Å²) < 4.78 is 16.8. The number of pyridine rings is 1. The Hall–Kier alpha value is -4.37. The highest BCUT2D eigenvalue weighted by molar-refractivity contribution is 6.34. The number of halogens is 2. The molecule has 3 heterocycles. The Morgan fingerprint density at radius 1 is 1.23 bits per heavy atom. The molecule has 1 fully saturated rings. The van der Waals surface area contributed by atoms with Gasteiger partial charge < -0.3 is 9.80 Å². The molecule has 1 atom stereocenters. The number of amides is 1. The molecule has 4 rings (SSSR count). The maximum atomic E-state index is 15.3. The molecular formula is C33H36ClFN6O2. The molecule has 0 spiro atoms. The van der Waals surface area contributed by atoms with Crippen LogP contribution in [0, 0.1) is 11.7 Å². The number of aliphatic imine (C=N–C) groups is 1. The predicted molar refractivity (Wildman–Crippen MR) is 175 cm³/mol. The number of fused-ring (bicyclic) bond motifs is 1. The number of piperazine rings is 1. The summed E-state index contributed by atoms with van der Waals surface area (Å²) in [5.74, 6) is -0.401. The lowest BCUT2D eigenvalue weighted by Crippen LogP contribution is -2.54. The van der Waals surface area contributed by atoms with Gasteiger partial charge in [0, 0.05) is 31.2 Å². The van der Waals surface area contributed by atoms with Gasteiger partial charge in [-0.25, -0.2) is 18.7 Å². The van der Waals surface area contributed by atoms with E-state index in [1.54, 1.807) is 23.1 Å². The molecule has 1 saturated heterocycles. The van der Waals surface area contributed by atoms with Crippen LogP contribution in [0.25, 0.3) is 34.1 Å². The zero-order chi connectivity index (χ0) is 31.6. The predicted octanol–water partition coefficient (Wildman–Crippen LogP) is 6.61. The Bertz CT molecular complexity index is 1760. The molecule has 2 aromatic heterocycles. The first kappa shape index (κ1) is 31.6. The van der Waals surface area contributed by atoms with Gasteiger partial charge in [-0.15, -0.1) is 0 Å². The number of benzene rings is 1. The van der Waals surface area contributed by atoms with Gasteiger partial charge in [0.25, 0.3) is 0 Å². The van der Waals surface area contributed by atoms with Gasteiger partial charge in [-0.2, -0.15) is 4.98 Å². The summed E-state index contributed by atoms with van der Waals surface area (Å²) in [7, 11) is 0. The third-order valence-corrected chi connectivity index (χ3v) is 7.97. The monoisotopic (exact) mass is 602 g/mol. The number of rotatable bonds is 8. The van der Waals surface area contributed by atoms with E-state index in [0.717, 1.165) is 5.57 Å². The molecule has 1 aliphatic heterocycles. The second kappa shape index (κ2) is 12.9. The minimum atomic E-state index is -0.587. The number of hydrogen-bond acceptors (Lipinski definition) is 6. The van der Waals surface area contributed by atoms with E-state index in [-0.39, 0.29) is 39.8 Å². The average molecular weight is 603 g/mol. The smallest absolute Gasteiger partial charge is 0.350 e. The van der Waals surface area contributed by atoms with Gasteiger partial charge in [0.1, 0.15) is 11.6 Å². The van der Waals surface area contributed by atoms with Crippen molar-refractivity contribution in [3.8, 4) is 11.3 Å². The van der Waals surface area contributed by atoms with Crippen LogP contribution < -0.4 is 10.6 Å². The van der Waals surface area contributed by atoms with Crippen molar-refractivity contribution >= 4 is 52.8 Å². The summed E-state index contributed by atoms with van der Waals surface area (Å²) in [5.41, 5.74) is 2.32. The summed E-state index contributed by atoms with van der Waals surface area (Å²) in [6.45, 7) is 22.0. The maximum Gasteiger partial charge on any atom is 0.355 e. The fraction of sp³-hybridized carbons (Fsp3) is 0.303. The summed E-state index contributed by atoms with van der Waals surface area (Å²) in [4.78, 5) is 43.9. The van der Waals surface area contributed by atoms with Crippen LogP contribution in [0.2, 0.25) is 5.02 Å². The average Bonchev–Trinajstić information content (AvgIpc) is 2.99. The van der Waals surface area contributed by atoms with Crippen LogP contribution in [0.15, 0.2) is 70.6 Å². The van der Waals surface area contributed by atoms with E-state index in [9.17, 15) is 9.59 Å². The Morgan fingerprint density at radius 2 is 1.95 bits per heavy atom. The molecule has 224 valence electrons. The van der Waals surface area contributed by atoms with Crippen molar-refractivity contribution in [2.45, 2.75) is 40.7 Å². The second-order valence-corrected chi connectivity index (χ2v) is 11.1. The normalized spacial score (nSPS) is 16.4. The highest BCUT2D eigenvalue weighted by Crippen LogP contribution is 2.38. The van der Waals surface area contributed by atoms with E-state index >= 15 is 4.39 Å². The molecule has 3 aromatic rings. The van der Waals surface area contributed by atoms with Gasteiger partial charge in [0.05, 0.1) is 27.5 Å². The van der Waals surface area contributed by atoms with E-state index in [1.807, 2.05) is 45.6 Å². The SMILES string of the molecule is C=CC(=O)N1CCN(c2nc(=O)n(C(/C(C)=C\C)=C(/N=C)C(C)C)c3nc(-c4c(F)cccc4C=C)c(Cl)cc23)[C@@H](C)C1. The largest absolute Gasteiger partial charge is 0.355 e. The van der Waals surface area contributed by atoms with Crippen molar-refractivity contribution in [2.75, 3.05) is 24.5 Å². The van der Waals surface area contributed by atoms with Crippen LogP contribution in [0.4, 0.5) is 10.2 Å². The quantitative estimate of drug-likeness (QED) is 0.165. The van der Waals surface area contributed by atoms with Crippen LogP contribution >= 0.6 is 11.6 Å². The van der Waals surface area contributed by atoms with Crippen LogP contribution in [0.3, 0.4) is 0 Å². The molecule has 0 unspecified atom stereocenters. The minimum absolute atomic E-state index is 0.0924. The minimum Gasteiger partial charge on any atom is -0.350 e. The summed E-state index contributed by atoms with van der Waals surface area (Å²) in [6, 6.07) is 6.12. The fourth-order valence-electron chi connectivity index (χ4n) is 5.42. The molecule has 10 heteroatoms. The molecule has 8 nitrogen and oxygen atoms in total. The second-order valence-electron chi connectivity index (χ2n) is 10.7. The van der Waals surface area contributed by atoms with Gasteiger partial charge >= 0.3 is 5.69 Å². The number of anilines is 1. The van der Waals surface area contributed by atoms with Crippen molar-refractivity contribution in [1.29, 1.82) is 0 Å². The Kier molecular flexibility index (Phi) is 9.45. The van der Waals surface area contributed by atoms with Gasteiger partial charge in [-0.3, -0.25) is 9.79 Å². The van der Waals surface area contributed by atoms with E-state index < -0.39 is 11.5 Å². The van der Waals surface area contributed by atoms with Gasteiger partial charge in [0.2, 0.25) is 5.91 Å². The van der Waals surface area contributed by atoms with Crippen LogP contribution in [-0.4, -0.2) is 57.7 Å². The summed E-state index contributed by atoms with van der Waals surface area (Å²) >= 11 is 6.86. The lowest BCUT2D eigenvalue weighted by Gasteiger charge is -2.40. The van der Waals surface area contributed by atoms with E-state index in [1.165, 1.54) is 22.8 Å². The molecule has 1 amide bonds. The van der Waals surface area contributed by atoms with Crippen molar-refractivity contribution in [3.05, 3.63) is 87.7 Å². The van der Waals surface area contributed by atoms with Crippen LogP contribution in [-0.2, 0) is 4.79 Å². The highest BCUT2D eigenvalue weighted by atomic mass is 35.5. The first-order valence-electron chi connectivity index (χ1n) is 14.1. The summed E-state index contributed by atoms with van der Waals surface area (Å²) in [6.07, 6.45) is 4.70. The lowest BCUT2D eigenvalue weighted by atomic mass is 10.0. The van der Waals surface area contributed by atoms with Gasteiger partial charge in [-0.05, 0) is 62.8 Å². The fourth-order valence-corrected chi connectivity index (χ4v) is 5.67. The molecule has 43 heavy (non-hydrogen) atoms. The Balaban J connectivity index is 2.14. The molecule has 0 saturated carbocycles. The molecule has 0 N–H and O–H groups in total. The van der Waals surface area contributed by atoms with E-state index in [4.69, 9.17) is 16.6 Å². The molecular weight excluding hydrogens is 567 g/mol. The van der Waals surface area contributed by atoms with Gasteiger partial charge in [-0.1, -0.05) is 62.9 Å². The number of hydrogen-bond donors (Lipinski definition) is 0. The molecule has 0 bridgehead atoms. The molecule has 1 aromatic carbocycles. The van der Waals surface area contributed by atoms with E-state index in [0.29, 0.717) is 47.8 Å². The first-order chi connectivity index (χ1) is 20.5. The number of nitrogens with zero attached hydrogens (tertiary/aromatic N) is 6. The van der Waals surface area contributed by atoms with Crippen molar-refractivity contribution < 1.29 is 9.18 Å². The van der Waals surface area contributed by atoms with Crippen LogP contribution in [0.1, 0.15) is 40.2 Å². The Morgan fingerprint density at radius 3 is 2.53 bits per heavy atom. The number of carbonyl (C=O) groups excluding carboxylic acids is 1. The third kappa shape index (κ3) is 5.82. The standard InChI is InChI=1S/C33H36ClFN6O2/c1-9-20(6)30(28(36-8)19(4)5)41-32-23(17-24(34)29(37-32)27-22(10-2)13-12-14-25(27)35)31(38-33(41)43)40-16-15-39(18-21(40)7)26(42)11-3/h9-14,17,19,21H,2-3,8,15-16,18H2,1,4-7H3/b20-9-,30-28+/t21-/m0/s1. The topological polar surface area (TPSA) is 83.7 Å². The van der Waals surface area contributed by atoms with Crippen molar-refractivity contribution in [3.63, 3.8) is 0 Å². The van der Waals surface area contributed by atoms with E-state index in [2.05, 4.69) is 29.9 Å². The van der Waals surface area contributed by atoms with Crippen LogP contribution in [0.5, 0.6) is 0 Å². The number of allylic oxidation sites excluding steroid dienone is 4. The highest BCUT2D eigenvalue weighted by Gasteiger charge is 2.31. The lowest BCUT2D eigenvalue weighted by molar-refractivity contribution is -0.126.